The molecule has 6 nitrogen and oxygen atoms in total. The zero-order valence-electron chi connectivity index (χ0n) is 10.9. The zero-order valence-corrected chi connectivity index (χ0v) is 12.5. The number of benzene rings is 1. The van der Waals surface area contributed by atoms with Gasteiger partial charge in [0, 0.05) is 10.9 Å². The van der Waals surface area contributed by atoms with Crippen LogP contribution in [0.5, 0.6) is 0 Å². The van der Waals surface area contributed by atoms with Gasteiger partial charge in [-0.25, -0.2) is 18.5 Å². The van der Waals surface area contributed by atoms with Crippen molar-refractivity contribution in [2.45, 2.75) is 18.7 Å². The van der Waals surface area contributed by atoms with Crippen molar-refractivity contribution in [1.82, 2.24) is 4.98 Å². The highest BCUT2D eigenvalue weighted by Crippen LogP contribution is 2.19. The maximum Gasteiger partial charge on any atom is 0.257 e. The fraction of sp³-hybridized carbons (Fsp3) is 0.167. The minimum absolute atomic E-state index is 0.0939. The first kappa shape index (κ1) is 14.6. The Bertz CT molecular complexity index is 766. The van der Waals surface area contributed by atoms with Gasteiger partial charge in [0.2, 0.25) is 10.0 Å². The van der Waals surface area contributed by atoms with Crippen molar-refractivity contribution in [3.8, 4) is 0 Å². The number of amides is 1. The normalized spacial score (nSPS) is 11.3. The fourth-order valence-corrected chi connectivity index (χ4v) is 2.82. The lowest BCUT2D eigenvalue weighted by atomic mass is 10.1. The molecule has 0 aliphatic heterocycles. The molecule has 1 amide bonds. The van der Waals surface area contributed by atoms with Crippen molar-refractivity contribution in [3.05, 3.63) is 40.4 Å². The van der Waals surface area contributed by atoms with Crippen molar-refractivity contribution in [1.29, 1.82) is 0 Å². The fourth-order valence-electron chi connectivity index (χ4n) is 1.60. The second-order valence-corrected chi connectivity index (χ2v) is 6.69. The molecule has 3 N–H and O–H groups in total. The lowest BCUT2D eigenvalue weighted by Crippen LogP contribution is -2.17. The summed E-state index contributed by atoms with van der Waals surface area (Å²) in [7, 11) is -3.84. The van der Waals surface area contributed by atoms with E-state index in [4.69, 9.17) is 5.14 Å². The van der Waals surface area contributed by atoms with E-state index in [9.17, 15) is 13.2 Å². The van der Waals surface area contributed by atoms with E-state index in [1.165, 1.54) is 23.5 Å². The first-order valence-electron chi connectivity index (χ1n) is 5.64. The average Bonchev–Trinajstić information content (AvgIpc) is 2.73. The molecule has 0 bridgehead atoms. The van der Waals surface area contributed by atoms with Crippen molar-refractivity contribution < 1.29 is 13.2 Å². The van der Waals surface area contributed by atoms with Crippen LogP contribution in [0, 0.1) is 13.8 Å². The van der Waals surface area contributed by atoms with Gasteiger partial charge in [0.05, 0.1) is 10.6 Å². The summed E-state index contributed by atoms with van der Waals surface area (Å²) in [6, 6.07) is 4.18. The molecule has 8 heteroatoms. The first-order valence-corrected chi connectivity index (χ1v) is 8.07. The second kappa shape index (κ2) is 5.31. The predicted octanol–water partition coefficient (Wildman–Crippen LogP) is 1.66. The summed E-state index contributed by atoms with van der Waals surface area (Å²) in [5.74, 6) is -0.414. The van der Waals surface area contributed by atoms with E-state index < -0.39 is 15.9 Å². The third-order valence-corrected chi connectivity index (χ3v) is 4.41. The maximum absolute atomic E-state index is 12.1. The average molecular weight is 311 g/mol. The molecule has 1 aromatic heterocycles. The molecule has 0 aliphatic carbocycles. The Hall–Kier alpha value is -1.77. The standard InChI is InChI=1S/C12H13N3O3S2/c1-7-3-4-9(20(13,17)18)5-10(7)11(16)15-12-14-8(2)6-19-12/h3-6H,1-2H3,(H2,13,17,18)(H,14,15,16). The molecule has 20 heavy (non-hydrogen) atoms. The Kier molecular flexibility index (Phi) is 3.89. The van der Waals surface area contributed by atoms with Crippen LogP contribution in [0.2, 0.25) is 0 Å². The Labute approximate surface area is 120 Å². The van der Waals surface area contributed by atoms with Crippen LogP contribution in [0.15, 0.2) is 28.5 Å². The van der Waals surface area contributed by atoms with Crippen LogP contribution in [0.4, 0.5) is 5.13 Å². The summed E-state index contributed by atoms with van der Waals surface area (Å²) in [5, 5.41) is 9.97. The van der Waals surface area contributed by atoms with Gasteiger partial charge in [0.15, 0.2) is 5.13 Å². The first-order chi connectivity index (χ1) is 9.27. The molecule has 2 rings (SSSR count). The van der Waals surface area contributed by atoms with Crippen molar-refractivity contribution in [2.24, 2.45) is 5.14 Å². The molecule has 106 valence electrons. The van der Waals surface area contributed by atoms with Crippen molar-refractivity contribution in [3.63, 3.8) is 0 Å². The predicted molar refractivity (Wildman–Crippen MR) is 77.4 cm³/mol. The SMILES string of the molecule is Cc1csc(NC(=O)c2cc(S(N)(=O)=O)ccc2C)n1. The van der Waals surface area contributed by atoms with Gasteiger partial charge in [-0.3, -0.25) is 10.1 Å². The quantitative estimate of drug-likeness (QED) is 0.899. The van der Waals surface area contributed by atoms with E-state index in [0.29, 0.717) is 10.7 Å². The molecule has 0 atom stereocenters. The summed E-state index contributed by atoms with van der Waals surface area (Å²) in [6.07, 6.45) is 0. The lowest BCUT2D eigenvalue weighted by Gasteiger charge is -2.07. The molecule has 0 spiro atoms. The number of hydrogen-bond acceptors (Lipinski definition) is 5. The van der Waals surface area contributed by atoms with E-state index in [2.05, 4.69) is 10.3 Å². The minimum Gasteiger partial charge on any atom is -0.298 e. The van der Waals surface area contributed by atoms with Crippen LogP contribution in [0.25, 0.3) is 0 Å². The number of carbonyl (C=O) groups is 1. The van der Waals surface area contributed by atoms with Crippen molar-refractivity contribution in [2.75, 3.05) is 5.32 Å². The third kappa shape index (κ3) is 3.21. The van der Waals surface area contributed by atoms with E-state index in [0.717, 1.165) is 5.69 Å². The Balaban J connectivity index is 2.34. The Morgan fingerprint density at radius 2 is 2.05 bits per heavy atom. The van der Waals surface area contributed by atoms with Gasteiger partial charge in [-0.05, 0) is 31.5 Å². The number of aromatic nitrogens is 1. The highest BCUT2D eigenvalue weighted by atomic mass is 32.2. The Morgan fingerprint density at radius 3 is 2.60 bits per heavy atom. The van der Waals surface area contributed by atoms with Crippen LogP contribution >= 0.6 is 11.3 Å². The van der Waals surface area contributed by atoms with Gasteiger partial charge in [0.25, 0.3) is 5.91 Å². The summed E-state index contributed by atoms with van der Waals surface area (Å²) in [6.45, 7) is 3.54. The van der Waals surface area contributed by atoms with E-state index in [1.54, 1.807) is 13.0 Å². The number of carbonyl (C=O) groups excluding carboxylic acids is 1. The number of anilines is 1. The Morgan fingerprint density at radius 1 is 1.35 bits per heavy atom. The molecule has 1 heterocycles. The smallest absolute Gasteiger partial charge is 0.257 e. The summed E-state index contributed by atoms with van der Waals surface area (Å²) in [4.78, 5) is 16.2. The van der Waals surface area contributed by atoms with Crippen LogP contribution in [0.3, 0.4) is 0 Å². The van der Waals surface area contributed by atoms with Gasteiger partial charge in [-0.15, -0.1) is 11.3 Å². The number of thiazole rings is 1. The molecular formula is C12H13N3O3S2. The van der Waals surface area contributed by atoms with Gasteiger partial charge in [-0.1, -0.05) is 6.07 Å². The number of sulfonamides is 1. The van der Waals surface area contributed by atoms with Crippen LogP contribution in [-0.4, -0.2) is 19.3 Å². The van der Waals surface area contributed by atoms with Gasteiger partial charge < -0.3 is 0 Å². The van der Waals surface area contributed by atoms with E-state index in [1.807, 2.05) is 12.3 Å². The number of primary sulfonamides is 1. The molecule has 0 fully saturated rings. The summed E-state index contributed by atoms with van der Waals surface area (Å²) >= 11 is 1.30. The minimum atomic E-state index is -3.84. The molecule has 0 saturated carbocycles. The van der Waals surface area contributed by atoms with Gasteiger partial charge >= 0.3 is 0 Å². The molecule has 0 saturated heterocycles. The molecule has 0 aliphatic rings. The number of nitrogens with one attached hydrogen (secondary N) is 1. The van der Waals surface area contributed by atoms with Gasteiger partial charge in [0.1, 0.15) is 0 Å². The highest BCUT2D eigenvalue weighted by molar-refractivity contribution is 7.89. The maximum atomic E-state index is 12.1. The highest BCUT2D eigenvalue weighted by Gasteiger charge is 2.15. The number of rotatable bonds is 3. The molecule has 2 aromatic rings. The van der Waals surface area contributed by atoms with E-state index >= 15 is 0 Å². The van der Waals surface area contributed by atoms with E-state index in [-0.39, 0.29) is 10.5 Å². The lowest BCUT2D eigenvalue weighted by molar-refractivity contribution is 0.102. The number of aryl methyl sites for hydroxylation is 2. The molecule has 0 unspecified atom stereocenters. The topological polar surface area (TPSA) is 102 Å². The number of hydrogen-bond donors (Lipinski definition) is 2. The van der Waals surface area contributed by atoms with Crippen LogP contribution in [-0.2, 0) is 10.0 Å². The largest absolute Gasteiger partial charge is 0.298 e. The summed E-state index contributed by atoms with van der Waals surface area (Å²) < 4.78 is 22.6. The molecule has 0 radical (unpaired) electrons. The van der Waals surface area contributed by atoms with Crippen LogP contribution in [0.1, 0.15) is 21.6 Å². The number of nitrogens with zero attached hydrogens (tertiary/aromatic N) is 1. The third-order valence-electron chi connectivity index (χ3n) is 2.62. The summed E-state index contributed by atoms with van der Waals surface area (Å²) in [5.41, 5.74) is 1.72. The van der Waals surface area contributed by atoms with Gasteiger partial charge in [-0.2, -0.15) is 0 Å². The number of nitrogens with two attached hydrogens (primary N) is 1. The van der Waals surface area contributed by atoms with Crippen LogP contribution < -0.4 is 10.5 Å². The monoisotopic (exact) mass is 311 g/mol. The second-order valence-electron chi connectivity index (χ2n) is 4.27. The molecule has 1 aromatic carbocycles. The van der Waals surface area contributed by atoms with Crippen molar-refractivity contribution >= 4 is 32.4 Å². The molecular weight excluding hydrogens is 298 g/mol. The zero-order chi connectivity index (χ0) is 14.9.